The van der Waals surface area contributed by atoms with E-state index in [0.29, 0.717) is 36.6 Å². The summed E-state index contributed by atoms with van der Waals surface area (Å²) in [6.07, 6.45) is 4.65. The van der Waals surface area contributed by atoms with Crippen molar-refractivity contribution in [3.8, 4) is 0 Å². The van der Waals surface area contributed by atoms with Gasteiger partial charge >= 0.3 is 0 Å². The normalized spacial score (nSPS) is 16.6. The fraction of sp³-hybridized carbons (Fsp3) is 0.458. The Morgan fingerprint density at radius 3 is 2.69 bits per heavy atom. The Hall–Kier alpha value is -3.29. The van der Waals surface area contributed by atoms with Gasteiger partial charge in [0, 0.05) is 31.6 Å². The highest BCUT2D eigenvalue weighted by molar-refractivity contribution is 5.93. The molecule has 0 saturated carbocycles. The molecule has 3 heterocycles. The van der Waals surface area contributed by atoms with Crippen molar-refractivity contribution in [1.29, 1.82) is 0 Å². The van der Waals surface area contributed by atoms with Gasteiger partial charge in [-0.05, 0) is 38.3 Å². The fourth-order valence-corrected chi connectivity index (χ4v) is 4.51. The molecule has 1 aliphatic rings. The quantitative estimate of drug-likeness (QED) is 0.639. The molecule has 2 aromatic heterocycles. The van der Waals surface area contributed by atoms with Crippen molar-refractivity contribution < 1.29 is 9.59 Å². The summed E-state index contributed by atoms with van der Waals surface area (Å²) in [7, 11) is 0. The molecule has 168 valence electrons. The number of carbonyl (C=O) groups is 2. The minimum absolute atomic E-state index is 0.0856. The first kappa shape index (κ1) is 21.9. The highest BCUT2D eigenvalue weighted by Crippen LogP contribution is 2.30. The second-order valence-corrected chi connectivity index (χ2v) is 8.71. The summed E-state index contributed by atoms with van der Waals surface area (Å²) in [5.74, 6) is 1.38. The van der Waals surface area contributed by atoms with Crippen LogP contribution in [0.1, 0.15) is 79.2 Å². The van der Waals surface area contributed by atoms with Gasteiger partial charge in [0.15, 0.2) is 5.82 Å². The largest absolute Gasteiger partial charge is 0.365 e. The van der Waals surface area contributed by atoms with Crippen LogP contribution in [-0.2, 0) is 11.3 Å². The topological polar surface area (TPSA) is 107 Å². The van der Waals surface area contributed by atoms with Crippen molar-refractivity contribution >= 4 is 22.8 Å². The summed E-state index contributed by atoms with van der Waals surface area (Å²) in [6.45, 7) is 7.25. The highest BCUT2D eigenvalue weighted by atomic mass is 16.2. The molecule has 0 bridgehead atoms. The van der Waals surface area contributed by atoms with Crippen molar-refractivity contribution in [3.63, 3.8) is 0 Å². The van der Waals surface area contributed by atoms with Crippen LogP contribution in [-0.4, -0.2) is 42.8 Å². The molecule has 8 nitrogen and oxygen atoms in total. The van der Waals surface area contributed by atoms with E-state index in [-0.39, 0.29) is 17.9 Å². The number of piperidine rings is 1. The zero-order valence-corrected chi connectivity index (χ0v) is 18.9. The number of carbonyl (C=O) groups excluding carboxylic acids is 2. The van der Waals surface area contributed by atoms with E-state index in [1.165, 1.54) is 6.20 Å². The van der Waals surface area contributed by atoms with E-state index in [4.69, 9.17) is 10.7 Å². The van der Waals surface area contributed by atoms with Gasteiger partial charge in [-0.25, -0.2) is 15.0 Å². The lowest BCUT2D eigenvalue weighted by molar-refractivity contribution is -0.135. The van der Waals surface area contributed by atoms with Crippen LogP contribution in [0, 0.1) is 6.92 Å². The molecule has 3 aromatic rings. The minimum Gasteiger partial charge on any atom is -0.365 e. The molecule has 1 fully saturated rings. The number of nitrogens with zero attached hydrogens (tertiary/aromatic N) is 5. The van der Waals surface area contributed by atoms with Crippen molar-refractivity contribution in [1.82, 2.24) is 24.4 Å². The zero-order valence-electron chi connectivity index (χ0n) is 18.9. The summed E-state index contributed by atoms with van der Waals surface area (Å²) in [6, 6.07) is 7.87. The molecular weight excluding hydrogens is 404 g/mol. The highest BCUT2D eigenvalue weighted by Gasteiger charge is 2.30. The molecule has 1 aliphatic heterocycles. The number of likely N-dealkylation sites (tertiary alicyclic amines) is 1. The fourth-order valence-electron chi connectivity index (χ4n) is 4.51. The second kappa shape index (κ2) is 9.06. The zero-order chi connectivity index (χ0) is 22.8. The van der Waals surface area contributed by atoms with Crippen LogP contribution < -0.4 is 5.73 Å². The SMILES string of the molecule is Cc1nc([C@@H]2CCCCN2C(=O)CCn2c(C(C)C)nc3ccccc32)ncc1C(N)=O. The van der Waals surface area contributed by atoms with E-state index in [0.717, 1.165) is 36.1 Å². The molecule has 2 N–H and O–H groups in total. The van der Waals surface area contributed by atoms with Crippen molar-refractivity contribution in [2.24, 2.45) is 5.73 Å². The van der Waals surface area contributed by atoms with E-state index < -0.39 is 5.91 Å². The van der Waals surface area contributed by atoms with Crippen LogP contribution >= 0.6 is 0 Å². The molecule has 8 heteroatoms. The number of fused-ring (bicyclic) bond motifs is 1. The number of aromatic nitrogens is 4. The number of imidazole rings is 1. The third-order valence-corrected chi connectivity index (χ3v) is 6.13. The number of amides is 2. The van der Waals surface area contributed by atoms with Gasteiger partial charge in [0.2, 0.25) is 5.91 Å². The van der Waals surface area contributed by atoms with Gasteiger partial charge in [-0.3, -0.25) is 9.59 Å². The summed E-state index contributed by atoms with van der Waals surface area (Å²) < 4.78 is 2.17. The number of para-hydroxylation sites is 2. The third kappa shape index (κ3) is 4.22. The number of benzene rings is 1. The number of nitrogens with two attached hydrogens (primary N) is 1. The number of primary amides is 1. The monoisotopic (exact) mass is 434 g/mol. The average Bonchev–Trinajstić information content (AvgIpc) is 3.16. The van der Waals surface area contributed by atoms with Crippen molar-refractivity contribution in [3.05, 3.63) is 53.4 Å². The molecule has 0 radical (unpaired) electrons. The maximum atomic E-state index is 13.3. The summed E-state index contributed by atoms with van der Waals surface area (Å²) >= 11 is 0. The van der Waals surface area contributed by atoms with Gasteiger partial charge in [0.05, 0.1) is 28.3 Å². The van der Waals surface area contributed by atoms with E-state index in [9.17, 15) is 9.59 Å². The molecule has 4 rings (SSSR count). The Labute approximate surface area is 187 Å². The van der Waals surface area contributed by atoms with E-state index >= 15 is 0 Å². The van der Waals surface area contributed by atoms with Crippen molar-refractivity contribution in [2.45, 2.75) is 65.0 Å². The van der Waals surface area contributed by atoms with Crippen LogP contribution in [0.2, 0.25) is 0 Å². The Bertz CT molecular complexity index is 1150. The first-order valence-electron chi connectivity index (χ1n) is 11.2. The lowest BCUT2D eigenvalue weighted by Crippen LogP contribution is -2.39. The Kier molecular flexibility index (Phi) is 6.21. The third-order valence-electron chi connectivity index (χ3n) is 6.13. The lowest BCUT2D eigenvalue weighted by atomic mass is 10.0. The number of rotatable bonds is 6. The lowest BCUT2D eigenvalue weighted by Gasteiger charge is -2.35. The van der Waals surface area contributed by atoms with Gasteiger partial charge in [0.25, 0.3) is 5.91 Å². The summed E-state index contributed by atoms with van der Waals surface area (Å²) in [5.41, 5.74) is 8.26. The van der Waals surface area contributed by atoms with E-state index in [2.05, 4.69) is 34.4 Å². The number of aryl methyl sites for hydroxylation is 2. The molecule has 0 spiro atoms. The molecule has 0 unspecified atom stereocenters. The van der Waals surface area contributed by atoms with Crippen LogP contribution in [0.5, 0.6) is 0 Å². The predicted molar refractivity (Wildman–Crippen MR) is 122 cm³/mol. The maximum Gasteiger partial charge on any atom is 0.252 e. The second-order valence-electron chi connectivity index (χ2n) is 8.71. The molecule has 1 atom stereocenters. The van der Waals surface area contributed by atoms with Crippen LogP contribution in [0.25, 0.3) is 11.0 Å². The predicted octanol–water partition coefficient (Wildman–Crippen LogP) is 3.50. The summed E-state index contributed by atoms with van der Waals surface area (Å²) in [5, 5.41) is 0. The first-order chi connectivity index (χ1) is 15.4. The molecule has 0 aliphatic carbocycles. The van der Waals surface area contributed by atoms with Crippen LogP contribution in [0.3, 0.4) is 0 Å². The van der Waals surface area contributed by atoms with Gasteiger partial charge in [-0.15, -0.1) is 0 Å². The van der Waals surface area contributed by atoms with E-state index in [1.807, 2.05) is 23.1 Å². The van der Waals surface area contributed by atoms with Crippen LogP contribution in [0.15, 0.2) is 30.5 Å². The minimum atomic E-state index is -0.542. The Balaban J connectivity index is 1.55. The Morgan fingerprint density at radius 1 is 1.19 bits per heavy atom. The van der Waals surface area contributed by atoms with Gasteiger partial charge < -0.3 is 15.2 Å². The Morgan fingerprint density at radius 2 is 1.97 bits per heavy atom. The smallest absolute Gasteiger partial charge is 0.252 e. The molecule has 2 amide bonds. The molecule has 1 saturated heterocycles. The maximum absolute atomic E-state index is 13.3. The standard InChI is InChI=1S/C24H30N6O2/c1-15(2)24-28-18-8-4-5-9-19(18)30(24)13-11-21(31)29-12-7-6-10-20(29)23-26-14-17(22(25)32)16(3)27-23/h4-5,8-9,14-15,20H,6-7,10-13H2,1-3H3,(H2,25,32)/t20-/m0/s1. The molecule has 1 aromatic carbocycles. The molecule has 32 heavy (non-hydrogen) atoms. The average molecular weight is 435 g/mol. The van der Waals surface area contributed by atoms with Gasteiger partial charge in [-0.1, -0.05) is 26.0 Å². The van der Waals surface area contributed by atoms with E-state index in [1.54, 1.807) is 6.92 Å². The molecular formula is C24H30N6O2. The number of hydrogen-bond acceptors (Lipinski definition) is 5. The number of hydrogen-bond donors (Lipinski definition) is 1. The summed E-state index contributed by atoms with van der Waals surface area (Å²) in [4.78, 5) is 40.4. The van der Waals surface area contributed by atoms with Crippen LogP contribution in [0.4, 0.5) is 0 Å². The van der Waals surface area contributed by atoms with Gasteiger partial charge in [0.1, 0.15) is 5.82 Å². The van der Waals surface area contributed by atoms with Gasteiger partial charge in [-0.2, -0.15) is 0 Å². The van der Waals surface area contributed by atoms with Crippen molar-refractivity contribution in [2.75, 3.05) is 6.54 Å². The first-order valence-corrected chi connectivity index (χ1v) is 11.2.